The molecule has 0 N–H and O–H groups in total. The van der Waals surface area contributed by atoms with E-state index >= 15 is 0 Å². The number of benzene rings is 2. The number of aromatic nitrogens is 4. The van der Waals surface area contributed by atoms with Gasteiger partial charge in [0.05, 0.1) is 29.7 Å². The van der Waals surface area contributed by atoms with Gasteiger partial charge in [0.1, 0.15) is 0 Å². The summed E-state index contributed by atoms with van der Waals surface area (Å²) < 4.78 is 71.7. The first-order valence-electron chi connectivity index (χ1n) is 10.2. The molecule has 0 radical (unpaired) electrons. The van der Waals surface area contributed by atoms with E-state index in [1.165, 1.54) is 28.9 Å². The van der Waals surface area contributed by atoms with Crippen LogP contribution in [-0.4, -0.2) is 59.8 Å². The van der Waals surface area contributed by atoms with E-state index in [-0.39, 0.29) is 10.7 Å². The van der Waals surface area contributed by atoms with Gasteiger partial charge in [0.25, 0.3) is 0 Å². The SMILES string of the molecule is Cc1ccc(S(=O)(=O)Cn2nnnc2[C@@H](c2ccc(C(F)(F)F)cc2)N2CCOCC2)cc1. The molecule has 1 atom stereocenters. The molecule has 1 aliphatic heterocycles. The maximum absolute atomic E-state index is 13.1. The van der Waals surface area contributed by atoms with Crippen molar-refractivity contribution in [1.29, 1.82) is 0 Å². The van der Waals surface area contributed by atoms with Gasteiger partial charge in [-0.2, -0.15) is 13.2 Å². The van der Waals surface area contributed by atoms with Crippen LogP contribution in [0.25, 0.3) is 0 Å². The molecule has 8 nitrogen and oxygen atoms in total. The highest BCUT2D eigenvalue weighted by Gasteiger charge is 2.33. The molecule has 0 bridgehead atoms. The topological polar surface area (TPSA) is 90.2 Å². The van der Waals surface area contributed by atoms with Crippen LogP contribution in [0.15, 0.2) is 53.4 Å². The van der Waals surface area contributed by atoms with Gasteiger partial charge in [-0.05, 0) is 47.2 Å². The average molecular weight is 482 g/mol. The van der Waals surface area contributed by atoms with Crippen molar-refractivity contribution in [2.45, 2.75) is 29.9 Å². The Morgan fingerprint density at radius 2 is 1.67 bits per heavy atom. The highest BCUT2D eigenvalue weighted by Crippen LogP contribution is 2.33. The van der Waals surface area contributed by atoms with Gasteiger partial charge in [0.15, 0.2) is 21.5 Å². The van der Waals surface area contributed by atoms with Gasteiger partial charge >= 0.3 is 6.18 Å². The summed E-state index contributed by atoms with van der Waals surface area (Å²) in [4.78, 5) is 2.10. The van der Waals surface area contributed by atoms with Crippen LogP contribution in [0.3, 0.4) is 0 Å². The lowest BCUT2D eigenvalue weighted by Crippen LogP contribution is -2.40. The van der Waals surface area contributed by atoms with Gasteiger partial charge in [-0.1, -0.05) is 29.8 Å². The molecule has 12 heteroatoms. The van der Waals surface area contributed by atoms with E-state index in [2.05, 4.69) is 15.5 Å². The van der Waals surface area contributed by atoms with Crippen molar-refractivity contribution in [3.05, 3.63) is 71.0 Å². The Bertz CT molecular complexity index is 1190. The lowest BCUT2D eigenvalue weighted by Gasteiger charge is -2.34. The Kier molecular flexibility index (Phi) is 6.50. The molecule has 0 unspecified atom stereocenters. The molecule has 0 amide bonds. The standard InChI is InChI=1S/C21H22F3N5O3S/c1-15-2-8-18(9-3-15)33(30,31)14-29-20(25-26-27-29)19(28-10-12-32-13-11-28)16-4-6-17(7-5-16)21(22,23)24/h2-9,19H,10-14H2,1H3/t19-/m1/s1. The summed E-state index contributed by atoms with van der Waals surface area (Å²) in [5.74, 6) is -0.271. The fraction of sp³-hybridized carbons (Fsp3) is 0.381. The monoisotopic (exact) mass is 481 g/mol. The van der Waals surface area contributed by atoms with Gasteiger partial charge in [0.2, 0.25) is 0 Å². The molecular weight excluding hydrogens is 459 g/mol. The van der Waals surface area contributed by atoms with Crippen molar-refractivity contribution in [3.8, 4) is 0 Å². The Balaban J connectivity index is 1.70. The van der Waals surface area contributed by atoms with E-state index < -0.39 is 33.5 Å². The van der Waals surface area contributed by atoms with Crippen molar-refractivity contribution >= 4 is 9.84 Å². The third kappa shape index (κ3) is 5.23. The Morgan fingerprint density at radius 1 is 1.03 bits per heavy atom. The second kappa shape index (κ2) is 9.20. The first-order valence-corrected chi connectivity index (χ1v) is 11.8. The zero-order valence-electron chi connectivity index (χ0n) is 17.7. The second-order valence-corrected chi connectivity index (χ2v) is 9.72. The maximum atomic E-state index is 13.1. The maximum Gasteiger partial charge on any atom is 0.416 e. The normalized spacial score (nSPS) is 16.6. The van der Waals surface area contributed by atoms with Crippen molar-refractivity contribution in [2.24, 2.45) is 0 Å². The molecule has 4 rings (SSSR count). The second-order valence-electron chi connectivity index (χ2n) is 7.76. The van der Waals surface area contributed by atoms with Crippen LogP contribution in [-0.2, 0) is 26.6 Å². The number of ether oxygens (including phenoxy) is 1. The van der Waals surface area contributed by atoms with Gasteiger partial charge in [-0.3, -0.25) is 4.90 Å². The number of morpholine rings is 1. The molecule has 1 saturated heterocycles. The zero-order valence-corrected chi connectivity index (χ0v) is 18.6. The number of sulfone groups is 1. The quantitative estimate of drug-likeness (QED) is 0.535. The molecule has 1 aromatic heterocycles. The lowest BCUT2D eigenvalue weighted by molar-refractivity contribution is -0.137. The minimum absolute atomic E-state index is 0.131. The summed E-state index contributed by atoms with van der Waals surface area (Å²) in [7, 11) is -3.77. The molecule has 0 aliphatic carbocycles. The van der Waals surface area contributed by atoms with E-state index in [9.17, 15) is 21.6 Å². The number of hydrogen-bond acceptors (Lipinski definition) is 7. The average Bonchev–Trinajstić information content (AvgIpc) is 3.21. The van der Waals surface area contributed by atoms with Crippen LogP contribution < -0.4 is 0 Å². The molecule has 2 heterocycles. The van der Waals surface area contributed by atoms with Crippen LogP contribution in [0.4, 0.5) is 13.2 Å². The third-order valence-electron chi connectivity index (χ3n) is 5.44. The molecule has 0 spiro atoms. The van der Waals surface area contributed by atoms with Gasteiger partial charge in [-0.15, -0.1) is 5.10 Å². The third-order valence-corrected chi connectivity index (χ3v) is 7.02. The van der Waals surface area contributed by atoms with Crippen LogP contribution in [0.2, 0.25) is 0 Å². The number of tetrazole rings is 1. The predicted octanol–water partition coefficient (Wildman–Crippen LogP) is 2.85. The molecule has 176 valence electrons. The summed E-state index contributed by atoms with van der Waals surface area (Å²) in [5.41, 5.74) is 0.675. The Labute approximate surface area is 188 Å². The van der Waals surface area contributed by atoms with E-state index in [1.54, 1.807) is 12.1 Å². The number of nitrogens with zero attached hydrogens (tertiary/aromatic N) is 5. The Morgan fingerprint density at radius 3 is 2.27 bits per heavy atom. The predicted molar refractivity (Wildman–Crippen MR) is 112 cm³/mol. The molecule has 33 heavy (non-hydrogen) atoms. The number of hydrogen-bond donors (Lipinski definition) is 0. The summed E-state index contributed by atoms with van der Waals surface area (Å²) in [6, 6.07) is 10.5. The van der Waals surface area contributed by atoms with Crippen LogP contribution in [0, 0.1) is 6.92 Å². The Hall–Kier alpha value is -2.83. The molecule has 3 aromatic rings. The van der Waals surface area contributed by atoms with Gasteiger partial charge in [0, 0.05) is 13.1 Å². The molecular formula is C21H22F3N5O3S. The highest BCUT2D eigenvalue weighted by atomic mass is 32.2. The van der Waals surface area contributed by atoms with Crippen molar-refractivity contribution in [1.82, 2.24) is 25.1 Å². The highest BCUT2D eigenvalue weighted by molar-refractivity contribution is 7.90. The van der Waals surface area contributed by atoms with Crippen molar-refractivity contribution < 1.29 is 26.3 Å². The number of aryl methyl sites for hydroxylation is 1. The zero-order chi connectivity index (χ0) is 23.6. The van der Waals surface area contributed by atoms with Crippen LogP contribution in [0.1, 0.15) is 28.6 Å². The number of halogens is 3. The summed E-state index contributed by atoms with van der Waals surface area (Å²) in [5, 5.41) is 11.6. The van der Waals surface area contributed by atoms with Crippen LogP contribution >= 0.6 is 0 Å². The van der Waals surface area contributed by atoms with E-state index in [4.69, 9.17) is 4.74 Å². The summed E-state index contributed by atoms with van der Waals surface area (Å²) in [6.45, 7) is 3.69. The van der Waals surface area contributed by atoms with Gasteiger partial charge < -0.3 is 4.74 Å². The summed E-state index contributed by atoms with van der Waals surface area (Å²) in [6.07, 6.45) is -4.46. The minimum Gasteiger partial charge on any atom is -0.379 e. The van der Waals surface area contributed by atoms with Crippen LogP contribution in [0.5, 0.6) is 0 Å². The number of alkyl halides is 3. The van der Waals surface area contributed by atoms with E-state index in [0.717, 1.165) is 17.7 Å². The van der Waals surface area contributed by atoms with Crippen molar-refractivity contribution in [3.63, 3.8) is 0 Å². The van der Waals surface area contributed by atoms with Gasteiger partial charge in [-0.25, -0.2) is 13.1 Å². The first-order chi connectivity index (χ1) is 15.6. The molecule has 0 saturated carbocycles. The lowest BCUT2D eigenvalue weighted by atomic mass is 10.0. The molecule has 1 fully saturated rings. The van der Waals surface area contributed by atoms with E-state index in [0.29, 0.717) is 31.9 Å². The van der Waals surface area contributed by atoms with E-state index in [1.807, 2.05) is 11.8 Å². The molecule has 2 aromatic carbocycles. The first kappa shape index (κ1) is 23.3. The fourth-order valence-electron chi connectivity index (χ4n) is 3.69. The molecule has 1 aliphatic rings. The summed E-state index contributed by atoms with van der Waals surface area (Å²) >= 11 is 0. The fourth-order valence-corrected chi connectivity index (χ4v) is 4.90. The largest absolute Gasteiger partial charge is 0.416 e. The smallest absolute Gasteiger partial charge is 0.379 e. The number of rotatable bonds is 6. The minimum atomic E-state index is -4.46. The van der Waals surface area contributed by atoms with Crippen molar-refractivity contribution in [2.75, 3.05) is 26.3 Å².